The Bertz CT molecular complexity index is 412. The van der Waals surface area contributed by atoms with Crippen LogP contribution in [0.2, 0.25) is 12.6 Å². The van der Waals surface area contributed by atoms with Crippen LogP contribution in [-0.2, 0) is 21.4 Å². The summed E-state index contributed by atoms with van der Waals surface area (Å²) in [4.78, 5) is 0. The Morgan fingerprint density at radius 1 is 1.00 bits per heavy atom. The van der Waals surface area contributed by atoms with Crippen LogP contribution in [0.4, 0.5) is 13.2 Å². The molecule has 0 fully saturated rings. The fourth-order valence-corrected chi connectivity index (χ4v) is 4.68. The van der Waals surface area contributed by atoms with Crippen LogP contribution < -0.4 is 0 Å². The smallest absolute Gasteiger partial charge is 0.395 e. The van der Waals surface area contributed by atoms with Crippen LogP contribution >= 0.6 is 0 Å². The first-order valence-corrected chi connectivity index (χ1v) is 9.77. The second kappa shape index (κ2) is 7.96. The van der Waals surface area contributed by atoms with E-state index in [-0.39, 0.29) is 0 Å². The quantitative estimate of drug-likeness (QED) is 0.642. The lowest BCUT2D eigenvalue weighted by molar-refractivity contribution is -0.137. The molecule has 0 unspecified atom stereocenters. The molecule has 1 aromatic rings. The third-order valence-electron chi connectivity index (χ3n) is 3.28. The number of hydrogen-bond acceptors (Lipinski definition) is 2. The van der Waals surface area contributed by atoms with Gasteiger partial charge in [0.2, 0.25) is 0 Å². The zero-order chi connectivity index (χ0) is 15.9. The van der Waals surface area contributed by atoms with Gasteiger partial charge >= 0.3 is 14.7 Å². The second-order valence-corrected chi connectivity index (χ2v) is 8.39. The molecule has 0 saturated heterocycles. The van der Waals surface area contributed by atoms with Gasteiger partial charge in [0.15, 0.2) is 0 Å². The largest absolute Gasteiger partial charge is 0.416 e. The molecule has 1 aromatic carbocycles. The lowest BCUT2D eigenvalue weighted by atomic mass is 10.1. The Kier molecular flexibility index (Phi) is 6.90. The van der Waals surface area contributed by atoms with Crippen molar-refractivity contribution in [1.82, 2.24) is 0 Å². The maximum atomic E-state index is 12.5. The van der Waals surface area contributed by atoms with E-state index in [9.17, 15) is 13.2 Å². The highest BCUT2D eigenvalue weighted by atomic mass is 28.4. The van der Waals surface area contributed by atoms with Crippen molar-refractivity contribution in [3.8, 4) is 0 Å². The molecule has 21 heavy (non-hydrogen) atoms. The fraction of sp³-hybridized carbons (Fsp3) is 0.600. The summed E-state index contributed by atoms with van der Waals surface area (Å²) in [6, 6.07) is 6.20. The van der Waals surface area contributed by atoms with E-state index < -0.39 is 20.3 Å². The van der Waals surface area contributed by atoms with Gasteiger partial charge in [-0.3, -0.25) is 0 Å². The van der Waals surface area contributed by atoms with E-state index in [2.05, 4.69) is 0 Å². The predicted molar refractivity (Wildman–Crippen MR) is 79.4 cm³/mol. The average molecular weight is 320 g/mol. The van der Waals surface area contributed by atoms with Gasteiger partial charge in [-0.2, -0.15) is 13.2 Å². The molecule has 0 aromatic heterocycles. The molecule has 1 rings (SSSR count). The third kappa shape index (κ3) is 6.19. The summed E-state index contributed by atoms with van der Waals surface area (Å²) in [7, 11) is -2.12. The van der Waals surface area contributed by atoms with Gasteiger partial charge in [-0.25, -0.2) is 0 Å². The number of aryl methyl sites for hydroxylation is 1. The molecule has 0 heterocycles. The minimum Gasteiger partial charge on any atom is -0.395 e. The van der Waals surface area contributed by atoms with Gasteiger partial charge in [0.1, 0.15) is 0 Å². The first kappa shape index (κ1) is 18.2. The monoisotopic (exact) mass is 320 g/mol. The lowest BCUT2D eigenvalue weighted by Gasteiger charge is -2.25. The molecule has 0 bridgehead atoms. The van der Waals surface area contributed by atoms with Crippen molar-refractivity contribution in [2.24, 2.45) is 0 Å². The Labute approximate surface area is 125 Å². The molecule has 0 spiro atoms. The van der Waals surface area contributed by atoms with Crippen molar-refractivity contribution in [2.45, 2.75) is 45.5 Å². The number of benzene rings is 1. The summed E-state index contributed by atoms with van der Waals surface area (Å²) in [6.45, 7) is 7.18. The van der Waals surface area contributed by atoms with Gasteiger partial charge in [-0.1, -0.05) is 12.1 Å². The van der Waals surface area contributed by atoms with E-state index in [1.807, 2.05) is 20.4 Å². The summed E-state index contributed by atoms with van der Waals surface area (Å²) in [5.74, 6) is 0. The maximum Gasteiger partial charge on any atom is 0.416 e. The summed E-state index contributed by atoms with van der Waals surface area (Å²) in [6.07, 6.45) is -2.68. The summed E-state index contributed by atoms with van der Waals surface area (Å²) < 4.78 is 48.9. The maximum absolute atomic E-state index is 12.5. The molecule has 0 aliphatic rings. The number of hydrogen-bond donors (Lipinski definition) is 0. The van der Waals surface area contributed by atoms with Crippen LogP contribution in [0.3, 0.4) is 0 Å². The Morgan fingerprint density at radius 2 is 1.52 bits per heavy atom. The lowest BCUT2D eigenvalue weighted by Crippen LogP contribution is -2.38. The SMILES string of the molecule is CCO[Si](C)(CCCc1ccc(C(F)(F)F)cc1)OCC. The molecule has 0 radical (unpaired) electrons. The van der Waals surface area contributed by atoms with Gasteiger partial charge < -0.3 is 8.85 Å². The summed E-state index contributed by atoms with van der Waals surface area (Å²) in [5.41, 5.74) is 0.307. The van der Waals surface area contributed by atoms with E-state index in [0.717, 1.165) is 36.6 Å². The molecular weight excluding hydrogens is 297 g/mol. The molecule has 0 aliphatic heterocycles. The van der Waals surface area contributed by atoms with E-state index in [0.29, 0.717) is 13.2 Å². The van der Waals surface area contributed by atoms with Gasteiger partial charge in [0, 0.05) is 13.2 Å². The third-order valence-corrected chi connectivity index (χ3v) is 6.34. The van der Waals surface area contributed by atoms with Gasteiger partial charge in [-0.05, 0) is 57.0 Å². The molecule has 0 aliphatic carbocycles. The molecule has 0 amide bonds. The molecular formula is C15H23F3O2Si. The Hall–Kier alpha value is -0.853. The molecule has 6 heteroatoms. The topological polar surface area (TPSA) is 18.5 Å². The van der Waals surface area contributed by atoms with Crippen molar-refractivity contribution >= 4 is 8.56 Å². The van der Waals surface area contributed by atoms with Crippen LogP contribution in [-0.4, -0.2) is 21.8 Å². The highest BCUT2D eigenvalue weighted by molar-refractivity contribution is 6.66. The van der Waals surface area contributed by atoms with Crippen LogP contribution in [0.25, 0.3) is 0 Å². The minimum atomic E-state index is -4.27. The highest BCUT2D eigenvalue weighted by Gasteiger charge is 2.31. The van der Waals surface area contributed by atoms with Crippen molar-refractivity contribution in [3.63, 3.8) is 0 Å². The molecule has 2 nitrogen and oxygen atoms in total. The van der Waals surface area contributed by atoms with E-state index in [1.165, 1.54) is 0 Å². The first-order chi connectivity index (χ1) is 9.80. The standard InChI is InChI=1S/C15H23F3O2Si/c1-4-19-21(3,20-5-2)12-6-7-13-8-10-14(11-9-13)15(16,17)18/h8-11H,4-7,12H2,1-3H3. The van der Waals surface area contributed by atoms with E-state index >= 15 is 0 Å². The second-order valence-electron chi connectivity index (χ2n) is 5.05. The predicted octanol–water partition coefficient (Wildman–Crippen LogP) is 4.78. The van der Waals surface area contributed by atoms with Gasteiger partial charge in [0.25, 0.3) is 0 Å². The number of alkyl halides is 3. The Morgan fingerprint density at radius 3 is 1.95 bits per heavy atom. The molecule has 120 valence electrons. The summed E-state index contributed by atoms with van der Waals surface area (Å²) in [5, 5.41) is 0. The molecule has 0 atom stereocenters. The zero-order valence-corrected chi connectivity index (χ0v) is 13.8. The van der Waals surface area contributed by atoms with Crippen LogP contribution in [0.5, 0.6) is 0 Å². The van der Waals surface area contributed by atoms with Crippen molar-refractivity contribution in [1.29, 1.82) is 0 Å². The van der Waals surface area contributed by atoms with Gasteiger partial charge in [0.05, 0.1) is 5.56 Å². The normalized spacial score (nSPS) is 12.7. The van der Waals surface area contributed by atoms with Crippen LogP contribution in [0, 0.1) is 0 Å². The Balaban J connectivity index is 2.51. The first-order valence-electron chi connectivity index (χ1n) is 7.25. The minimum absolute atomic E-state index is 0.603. The van der Waals surface area contributed by atoms with E-state index in [4.69, 9.17) is 8.85 Å². The fourth-order valence-electron chi connectivity index (χ4n) is 2.27. The van der Waals surface area contributed by atoms with Crippen molar-refractivity contribution in [2.75, 3.05) is 13.2 Å². The van der Waals surface area contributed by atoms with Crippen molar-refractivity contribution in [3.05, 3.63) is 35.4 Å². The van der Waals surface area contributed by atoms with E-state index in [1.54, 1.807) is 12.1 Å². The highest BCUT2D eigenvalue weighted by Crippen LogP contribution is 2.29. The number of rotatable bonds is 8. The summed E-state index contributed by atoms with van der Waals surface area (Å²) >= 11 is 0. The molecule has 0 N–H and O–H groups in total. The molecule has 0 saturated carbocycles. The van der Waals surface area contributed by atoms with Crippen molar-refractivity contribution < 1.29 is 22.0 Å². The van der Waals surface area contributed by atoms with Crippen LogP contribution in [0.1, 0.15) is 31.4 Å². The average Bonchev–Trinajstić information content (AvgIpc) is 2.39. The zero-order valence-electron chi connectivity index (χ0n) is 12.8. The van der Waals surface area contributed by atoms with Gasteiger partial charge in [-0.15, -0.1) is 0 Å². The van der Waals surface area contributed by atoms with Crippen LogP contribution in [0.15, 0.2) is 24.3 Å². The number of halogens is 3.